The maximum absolute atomic E-state index is 11.4. The van der Waals surface area contributed by atoms with Crippen molar-refractivity contribution in [1.82, 2.24) is 9.88 Å². The Morgan fingerprint density at radius 2 is 2.35 bits per heavy atom. The number of methoxy groups -OCH3 is 1. The van der Waals surface area contributed by atoms with Crippen LogP contribution in [0.15, 0.2) is 6.20 Å². The fourth-order valence-corrected chi connectivity index (χ4v) is 2.98. The van der Waals surface area contributed by atoms with Gasteiger partial charge in [-0.3, -0.25) is 0 Å². The summed E-state index contributed by atoms with van der Waals surface area (Å²) in [6.45, 7) is 5.17. The second kappa shape index (κ2) is 5.01. The first kappa shape index (κ1) is 12.3. The summed E-state index contributed by atoms with van der Waals surface area (Å²) in [4.78, 5) is 20.8. The SMILES string of the molecule is COC(=O)c1cnc(N2CCN(C)CC2C)s1. The third-order valence-corrected chi connectivity index (χ3v) is 3.97. The van der Waals surface area contributed by atoms with Gasteiger partial charge in [0.15, 0.2) is 5.13 Å². The molecule has 1 aromatic rings. The van der Waals surface area contributed by atoms with Gasteiger partial charge in [0.05, 0.1) is 13.3 Å². The van der Waals surface area contributed by atoms with E-state index >= 15 is 0 Å². The fourth-order valence-electron chi connectivity index (χ4n) is 2.02. The number of carbonyl (C=O) groups excluding carboxylic acids is 1. The van der Waals surface area contributed by atoms with E-state index in [2.05, 4.69) is 33.5 Å². The first-order valence-electron chi connectivity index (χ1n) is 5.61. The minimum absolute atomic E-state index is 0.310. The number of hydrogen-bond acceptors (Lipinski definition) is 6. The van der Waals surface area contributed by atoms with Crippen molar-refractivity contribution in [2.75, 3.05) is 38.7 Å². The van der Waals surface area contributed by atoms with Crippen LogP contribution in [0, 0.1) is 0 Å². The highest BCUT2D eigenvalue weighted by Crippen LogP contribution is 2.26. The highest BCUT2D eigenvalue weighted by molar-refractivity contribution is 7.17. The summed E-state index contributed by atoms with van der Waals surface area (Å²) in [5, 5.41) is 0.908. The number of ether oxygens (including phenoxy) is 1. The molecule has 2 heterocycles. The van der Waals surface area contributed by atoms with E-state index in [-0.39, 0.29) is 5.97 Å². The molecule has 17 heavy (non-hydrogen) atoms. The number of hydrogen-bond donors (Lipinski definition) is 0. The van der Waals surface area contributed by atoms with Crippen LogP contribution in [-0.2, 0) is 4.74 Å². The highest BCUT2D eigenvalue weighted by atomic mass is 32.1. The maximum Gasteiger partial charge on any atom is 0.349 e. The minimum Gasteiger partial charge on any atom is -0.465 e. The van der Waals surface area contributed by atoms with E-state index in [1.54, 1.807) is 6.20 Å². The number of likely N-dealkylation sites (N-methyl/N-ethyl adjacent to an activating group) is 1. The van der Waals surface area contributed by atoms with Crippen LogP contribution in [0.3, 0.4) is 0 Å². The van der Waals surface area contributed by atoms with E-state index in [0.717, 1.165) is 24.8 Å². The van der Waals surface area contributed by atoms with Gasteiger partial charge in [0.1, 0.15) is 4.88 Å². The van der Waals surface area contributed by atoms with Crippen molar-refractivity contribution in [3.05, 3.63) is 11.1 Å². The van der Waals surface area contributed by atoms with Gasteiger partial charge >= 0.3 is 5.97 Å². The van der Waals surface area contributed by atoms with E-state index < -0.39 is 0 Å². The standard InChI is InChI=1S/C11H17N3O2S/c1-8-7-13(2)4-5-14(8)11-12-6-9(17-11)10(15)16-3/h6,8H,4-5,7H2,1-3H3. The van der Waals surface area contributed by atoms with Crippen molar-refractivity contribution in [1.29, 1.82) is 0 Å². The van der Waals surface area contributed by atoms with E-state index in [1.807, 2.05) is 0 Å². The summed E-state index contributed by atoms with van der Waals surface area (Å²) in [6, 6.07) is 0.422. The van der Waals surface area contributed by atoms with E-state index in [4.69, 9.17) is 0 Å². The van der Waals surface area contributed by atoms with Crippen molar-refractivity contribution in [2.45, 2.75) is 13.0 Å². The lowest BCUT2D eigenvalue weighted by Gasteiger charge is -2.38. The van der Waals surface area contributed by atoms with Crippen molar-refractivity contribution in [3.63, 3.8) is 0 Å². The Balaban J connectivity index is 2.12. The Bertz CT molecular complexity index is 407. The van der Waals surface area contributed by atoms with Crippen LogP contribution in [0.2, 0.25) is 0 Å². The Kier molecular flexibility index (Phi) is 3.63. The predicted octanol–water partition coefficient (Wildman–Crippen LogP) is 1.07. The minimum atomic E-state index is -0.310. The van der Waals surface area contributed by atoms with E-state index in [9.17, 15) is 4.79 Å². The largest absolute Gasteiger partial charge is 0.465 e. The molecule has 2 rings (SSSR count). The van der Waals surface area contributed by atoms with Gasteiger partial charge in [0, 0.05) is 25.7 Å². The first-order chi connectivity index (χ1) is 8.11. The molecule has 1 atom stereocenters. The van der Waals surface area contributed by atoms with Gasteiger partial charge in [-0.05, 0) is 14.0 Å². The van der Waals surface area contributed by atoms with Crippen molar-refractivity contribution < 1.29 is 9.53 Å². The van der Waals surface area contributed by atoms with Gasteiger partial charge in [-0.15, -0.1) is 0 Å². The van der Waals surface area contributed by atoms with Gasteiger partial charge in [-0.1, -0.05) is 11.3 Å². The van der Waals surface area contributed by atoms with Gasteiger partial charge in [0.2, 0.25) is 0 Å². The zero-order valence-electron chi connectivity index (χ0n) is 10.3. The van der Waals surface area contributed by atoms with Crippen LogP contribution >= 0.6 is 11.3 Å². The molecule has 1 aliphatic rings. The number of piperazine rings is 1. The summed E-state index contributed by atoms with van der Waals surface area (Å²) in [7, 11) is 3.51. The van der Waals surface area contributed by atoms with Gasteiger partial charge in [-0.2, -0.15) is 0 Å². The zero-order chi connectivity index (χ0) is 12.4. The molecular formula is C11H17N3O2S. The number of rotatable bonds is 2. The van der Waals surface area contributed by atoms with Crippen molar-refractivity contribution >= 4 is 22.4 Å². The number of carbonyl (C=O) groups is 1. The topological polar surface area (TPSA) is 45.7 Å². The lowest BCUT2D eigenvalue weighted by atomic mass is 10.2. The molecular weight excluding hydrogens is 238 g/mol. The quantitative estimate of drug-likeness (QED) is 0.740. The summed E-state index contributed by atoms with van der Waals surface area (Å²) in [5.74, 6) is -0.310. The molecule has 0 spiro atoms. The van der Waals surface area contributed by atoms with Gasteiger partial charge in [-0.25, -0.2) is 9.78 Å². The summed E-state index contributed by atoms with van der Waals surface area (Å²) in [6.07, 6.45) is 1.59. The molecule has 0 radical (unpaired) electrons. The van der Waals surface area contributed by atoms with Crippen LogP contribution in [0.4, 0.5) is 5.13 Å². The monoisotopic (exact) mass is 255 g/mol. The second-order valence-electron chi connectivity index (χ2n) is 4.30. The maximum atomic E-state index is 11.4. The smallest absolute Gasteiger partial charge is 0.349 e. The molecule has 0 aliphatic carbocycles. The lowest BCUT2D eigenvalue weighted by Crippen LogP contribution is -2.50. The average Bonchev–Trinajstić information content (AvgIpc) is 2.77. The Labute approximate surface area is 105 Å². The molecule has 1 unspecified atom stereocenters. The number of anilines is 1. The molecule has 1 fully saturated rings. The molecule has 94 valence electrons. The van der Waals surface area contributed by atoms with Crippen LogP contribution in [-0.4, -0.2) is 55.7 Å². The van der Waals surface area contributed by atoms with Gasteiger partial charge < -0.3 is 14.5 Å². The molecule has 1 aliphatic heterocycles. The van der Waals surface area contributed by atoms with Crippen molar-refractivity contribution in [2.24, 2.45) is 0 Å². The first-order valence-corrected chi connectivity index (χ1v) is 6.43. The van der Waals surface area contributed by atoms with Gasteiger partial charge in [0.25, 0.3) is 0 Å². The lowest BCUT2D eigenvalue weighted by molar-refractivity contribution is 0.0606. The molecule has 6 heteroatoms. The fraction of sp³-hybridized carbons (Fsp3) is 0.636. The second-order valence-corrected chi connectivity index (χ2v) is 5.31. The zero-order valence-corrected chi connectivity index (χ0v) is 11.2. The number of nitrogens with zero attached hydrogens (tertiary/aromatic N) is 3. The molecule has 0 saturated carbocycles. The molecule has 0 N–H and O–H groups in total. The summed E-state index contributed by atoms with van der Waals surface area (Å²) in [5.41, 5.74) is 0. The summed E-state index contributed by atoms with van der Waals surface area (Å²) >= 11 is 1.40. The third kappa shape index (κ3) is 2.58. The van der Waals surface area contributed by atoms with Crippen LogP contribution < -0.4 is 4.90 Å². The molecule has 0 aromatic carbocycles. The molecule has 1 aromatic heterocycles. The third-order valence-electron chi connectivity index (χ3n) is 2.96. The normalized spacial score (nSPS) is 21.6. The highest BCUT2D eigenvalue weighted by Gasteiger charge is 2.24. The van der Waals surface area contributed by atoms with E-state index in [0.29, 0.717) is 10.9 Å². The Hall–Kier alpha value is -1.14. The predicted molar refractivity (Wildman–Crippen MR) is 67.8 cm³/mol. The van der Waals surface area contributed by atoms with Crippen molar-refractivity contribution in [3.8, 4) is 0 Å². The molecule has 0 amide bonds. The average molecular weight is 255 g/mol. The molecule has 1 saturated heterocycles. The number of aromatic nitrogens is 1. The van der Waals surface area contributed by atoms with E-state index in [1.165, 1.54) is 18.4 Å². The Morgan fingerprint density at radius 3 is 3.00 bits per heavy atom. The molecule has 0 bridgehead atoms. The van der Waals surface area contributed by atoms with Crippen LogP contribution in [0.1, 0.15) is 16.6 Å². The molecule has 5 nitrogen and oxygen atoms in total. The van der Waals surface area contributed by atoms with Crippen LogP contribution in [0.5, 0.6) is 0 Å². The number of esters is 1. The Morgan fingerprint density at radius 1 is 1.59 bits per heavy atom. The van der Waals surface area contributed by atoms with Crippen LogP contribution in [0.25, 0.3) is 0 Å². The number of thiazole rings is 1. The summed E-state index contributed by atoms with van der Waals surface area (Å²) < 4.78 is 4.69.